The van der Waals surface area contributed by atoms with E-state index < -0.39 is 0 Å². The summed E-state index contributed by atoms with van der Waals surface area (Å²) in [4.78, 5) is 0.995. The minimum atomic E-state index is 0.264. The lowest BCUT2D eigenvalue weighted by Crippen LogP contribution is -1.93. The average molecular weight is 266 g/mol. The summed E-state index contributed by atoms with van der Waals surface area (Å²) in [7, 11) is 3.24. The van der Waals surface area contributed by atoms with Gasteiger partial charge < -0.3 is 19.7 Å². The molecule has 5 nitrogen and oxygen atoms in total. The molecule has 2 aromatic rings. The highest BCUT2D eigenvalue weighted by Crippen LogP contribution is 2.39. The third kappa shape index (κ3) is 2.24. The van der Waals surface area contributed by atoms with Gasteiger partial charge in [0.25, 0.3) is 0 Å². The van der Waals surface area contributed by atoms with Crippen LogP contribution in [0.1, 0.15) is 0 Å². The molecule has 0 unspecified atom stereocenters. The molecule has 0 aliphatic rings. The summed E-state index contributed by atoms with van der Waals surface area (Å²) in [5.41, 5.74) is 6.93. The molecule has 0 saturated heterocycles. The Bertz CT molecular complexity index is 554. The van der Waals surface area contributed by atoms with Crippen LogP contribution >= 0.6 is 11.8 Å². The smallest absolute Gasteiger partial charge is 0.222 e. The molecule has 1 heterocycles. The number of thioether (sulfide) groups is 1. The maximum atomic E-state index is 5.53. The van der Waals surface area contributed by atoms with Crippen LogP contribution < -0.4 is 15.2 Å². The van der Waals surface area contributed by atoms with Crippen LogP contribution in [-0.2, 0) is 0 Å². The number of hydrogen-bond acceptors (Lipinski definition) is 6. The summed E-state index contributed by atoms with van der Waals surface area (Å²) < 4.78 is 15.6. The largest absolute Gasteiger partial charge is 0.496 e. The Kier molecular flexibility index (Phi) is 3.66. The molecule has 96 valence electrons. The van der Waals surface area contributed by atoms with Crippen molar-refractivity contribution < 1.29 is 14.0 Å². The Balaban J connectivity index is 2.58. The number of benzene rings is 1. The van der Waals surface area contributed by atoms with Crippen LogP contribution in [0, 0.1) is 0 Å². The summed E-state index contributed by atoms with van der Waals surface area (Å²) >= 11 is 1.59. The normalized spacial score (nSPS) is 10.4. The van der Waals surface area contributed by atoms with Gasteiger partial charge in [0.15, 0.2) is 0 Å². The van der Waals surface area contributed by atoms with E-state index in [1.807, 2.05) is 18.4 Å². The van der Waals surface area contributed by atoms with Crippen LogP contribution in [0.3, 0.4) is 0 Å². The standard InChI is InChI=1S/C12H14N2O3S/c1-15-9-6-11(18-3)10(16-2)4-7(9)8-5-12(13)17-14-8/h4-6H,13H2,1-3H3. The topological polar surface area (TPSA) is 70.5 Å². The van der Waals surface area contributed by atoms with Crippen LogP contribution in [-0.4, -0.2) is 25.6 Å². The van der Waals surface area contributed by atoms with Crippen molar-refractivity contribution in [2.24, 2.45) is 0 Å². The molecule has 0 bridgehead atoms. The number of rotatable bonds is 4. The number of methoxy groups -OCH3 is 2. The van der Waals surface area contributed by atoms with Gasteiger partial charge in [-0.3, -0.25) is 0 Å². The van der Waals surface area contributed by atoms with E-state index >= 15 is 0 Å². The van der Waals surface area contributed by atoms with E-state index in [1.54, 1.807) is 32.0 Å². The lowest BCUT2D eigenvalue weighted by Gasteiger charge is -2.12. The van der Waals surface area contributed by atoms with Crippen LogP contribution in [0.4, 0.5) is 5.88 Å². The fourth-order valence-electron chi connectivity index (χ4n) is 1.65. The first-order valence-electron chi connectivity index (χ1n) is 5.22. The van der Waals surface area contributed by atoms with Crippen LogP contribution in [0.25, 0.3) is 11.3 Å². The van der Waals surface area contributed by atoms with Crippen LogP contribution in [0.15, 0.2) is 27.6 Å². The van der Waals surface area contributed by atoms with Gasteiger partial charge in [-0.05, 0) is 18.4 Å². The van der Waals surface area contributed by atoms with Gasteiger partial charge in [-0.25, -0.2) is 0 Å². The van der Waals surface area contributed by atoms with Crippen molar-refractivity contribution in [1.82, 2.24) is 5.16 Å². The Hall–Kier alpha value is -1.82. The van der Waals surface area contributed by atoms with Gasteiger partial charge in [0.2, 0.25) is 5.88 Å². The van der Waals surface area contributed by atoms with Gasteiger partial charge in [-0.1, -0.05) is 5.16 Å². The van der Waals surface area contributed by atoms with E-state index in [4.69, 9.17) is 19.7 Å². The zero-order valence-electron chi connectivity index (χ0n) is 10.4. The first-order chi connectivity index (χ1) is 8.69. The fraction of sp³-hybridized carbons (Fsp3) is 0.250. The number of nitrogen functional groups attached to an aromatic ring is 1. The Morgan fingerprint density at radius 3 is 2.39 bits per heavy atom. The summed E-state index contributed by atoms with van der Waals surface area (Å²) in [5, 5.41) is 3.88. The van der Waals surface area contributed by atoms with Crippen molar-refractivity contribution in [2.45, 2.75) is 4.90 Å². The number of anilines is 1. The molecule has 0 atom stereocenters. The van der Waals surface area contributed by atoms with E-state index in [0.717, 1.165) is 16.2 Å². The summed E-state index contributed by atoms with van der Waals surface area (Å²) in [6.07, 6.45) is 1.98. The number of nitrogens with zero attached hydrogens (tertiary/aromatic N) is 1. The van der Waals surface area contributed by atoms with Crippen LogP contribution in [0.5, 0.6) is 11.5 Å². The molecule has 0 radical (unpaired) electrons. The molecule has 2 rings (SSSR count). The SMILES string of the molecule is COc1cc(-c2cc(N)on2)c(OC)cc1SC. The molecule has 0 saturated carbocycles. The molecule has 2 N–H and O–H groups in total. The average Bonchev–Trinajstić information content (AvgIpc) is 2.83. The third-order valence-electron chi connectivity index (χ3n) is 2.51. The van der Waals surface area contributed by atoms with Crippen molar-refractivity contribution in [3.05, 3.63) is 18.2 Å². The Morgan fingerprint density at radius 1 is 1.17 bits per heavy atom. The highest BCUT2D eigenvalue weighted by Gasteiger charge is 2.15. The van der Waals surface area contributed by atoms with Gasteiger partial charge in [-0.15, -0.1) is 11.8 Å². The van der Waals surface area contributed by atoms with Crippen molar-refractivity contribution in [2.75, 3.05) is 26.2 Å². The van der Waals surface area contributed by atoms with Crippen molar-refractivity contribution in [3.63, 3.8) is 0 Å². The van der Waals surface area contributed by atoms with Gasteiger partial charge in [0, 0.05) is 11.6 Å². The van der Waals surface area contributed by atoms with Gasteiger partial charge >= 0.3 is 0 Å². The lowest BCUT2D eigenvalue weighted by atomic mass is 10.1. The van der Waals surface area contributed by atoms with E-state index in [1.165, 1.54) is 0 Å². The molecule has 6 heteroatoms. The van der Waals surface area contributed by atoms with Crippen LogP contribution in [0.2, 0.25) is 0 Å². The van der Waals surface area contributed by atoms with Gasteiger partial charge in [0.1, 0.15) is 17.2 Å². The molecule has 18 heavy (non-hydrogen) atoms. The molecule has 0 aliphatic heterocycles. The van der Waals surface area contributed by atoms with Crippen molar-refractivity contribution >= 4 is 17.6 Å². The fourth-order valence-corrected chi connectivity index (χ4v) is 2.21. The van der Waals surface area contributed by atoms with Crippen molar-refractivity contribution in [3.8, 4) is 22.8 Å². The number of hydrogen-bond donors (Lipinski definition) is 1. The van der Waals surface area contributed by atoms with Gasteiger partial charge in [-0.2, -0.15) is 0 Å². The first-order valence-corrected chi connectivity index (χ1v) is 6.44. The summed E-state index contributed by atoms with van der Waals surface area (Å²) in [6.45, 7) is 0. The molecule has 0 amide bonds. The predicted octanol–water partition coefficient (Wildman–Crippen LogP) is 2.66. The highest BCUT2D eigenvalue weighted by atomic mass is 32.2. The zero-order valence-corrected chi connectivity index (χ0v) is 11.2. The second-order valence-corrected chi connectivity index (χ2v) is 4.37. The summed E-state index contributed by atoms with van der Waals surface area (Å²) in [5.74, 6) is 1.73. The second-order valence-electron chi connectivity index (χ2n) is 3.52. The van der Waals surface area contributed by atoms with Gasteiger partial charge in [0.05, 0.1) is 19.1 Å². The highest BCUT2D eigenvalue weighted by molar-refractivity contribution is 7.98. The zero-order chi connectivity index (χ0) is 13.1. The minimum Gasteiger partial charge on any atom is -0.496 e. The molecular formula is C12H14N2O3S. The van der Waals surface area contributed by atoms with E-state index in [-0.39, 0.29) is 5.88 Å². The molecule has 0 aliphatic carbocycles. The Labute approximate surface area is 109 Å². The second kappa shape index (κ2) is 5.22. The first kappa shape index (κ1) is 12.6. The predicted molar refractivity (Wildman–Crippen MR) is 71.2 cm³/mol. The monoisotopic (exact) mass is 266 g/mol. The molecule has 1 aromatic carbocycles. The van der Waals surface area contributed by atoms with E-state index in [9.17, 15) is 0 Å². The quantitative estimate of drug-likeness (QED) is 0.858. The maximum absolute atomic E-state index is 5.53. The Morgan fingerprint density at radius 2 is 1.89 bits per heavy atom. The minimum absolute atomic E-state index is 0.264. The summed E-state index contributed by atoms with van der Waals surface area (Å²) in [6, 6.07) is 5.42. The van der Waals surface area contributed by atoms with Crippen molar-refractivity contribution in [1.29, 1.82) is 0 Å². The van der Waals surface area contributed by atoms with E-state index in [2.05, 4.69) is 5.16 Å². The lowest BCUT2D eigenvalue weighted by molar-refractivity contribution is 0.394. The third-order valence-corrected chi connectivity index (χ3v) is 3.27. The maximum Gasteiger partial charge on any atom is 0.222 e. The molecule has 0 spiro atoms. The van der Waals surface area contributed by atoms with E-state index in [0.29, 0.717) is 11.4 Å². The molecule has 1 aromatic heterocycles. The molecule has 0 fully saturated rings. The number of ether oxygens (including phenoxy) is 2. The molecular weight excluding hydrogens is 252 g/mol. The number of aromatic nitrogens is 1. The number of nitrogens with two attached hydrogens (primary N) is 1.